The van der Waals surface area contributed by atoms with Crippen LogP contribution in [-0.2, 0) is 4.74 Å². The Morgan fingerprint density at radius 1 is 1.08 bits per heavy atom. The van der Waals surface area contributed by atoms with Gasteiger partial charge in [-0.1, -0.05) is 6.42 Å². The molecule has 2 nitrogen and oxygen atoms in total. The number of ether oxygens (including phenoxy) is 1. The quantitative estimate of drug-likeness (QED) is 0.689. The summed E-state index contributed by atoms with van der Waals surface area (Å²) in [6.07, 6.45) is 6.84. The van der Waals surface area contributed by atoms with Crippen molar-refractivity contribution in [1.29, 1.82) is 0 Å². The molecule has 70 valence electrons. The molecule has 1 N–H and O–H groups in total. The van der Waals surface area contributed by atoms with Gasteiger partial charge in [0, 0.05) is 12.6 Å². The van der Waals surface area contributed by atoms with E-state index in [-0.39, 0.29) is 0 Å². The second-order valence-electron chi connectivity index (χ2n) is 4.13. The minimum Gasteiger partial charge on any atom is -0.380 e. The van der Waals surface area contributed by atoms with Gasteiger partial charge in [-0.25, -0.2) is 0 Å². The summed E-state index contributed by atoms with van der Waals surface area (Å²) >= 11 is 0. The van der Waals surface area contributed by atoms with E-state index in [4.69, 9.17) is 4.74 Å². The van der Waals surface area contributed by atoms with Gasteiger partial charge in [0.2, 0.25) is 0 Å². The molecule has 1 aliphatic heterocycles. The maximum atomic E-state index is 5.63. The van der Waals surface area contributed by atoms with Gasteiger partial charge in [-0.05, 0) is 38.1 Å². The SMILES string of the molecule is C1CC[C@H](COCC2CC2)NC1. The average molecular weight is 169 g/mol. The Bertz CT molecular complexity index is 128. The molecule has 0 bridgehead atoms. The number of nitrogens with one attached hydrogen (secondary N) is 1. The zero-order valence-corrected chi connectivity index (χ0v) is 7.72. The Labute approximate surface area is 74.7 Å². The van der Waals surface area contributed by atoms with Crippen LogP contribution in [0.3, 0.4) is 0 Å². The van der Waals surface area contributed by atoms with Crippen molar-refractivity contribution < 1.29 is 4.74 Å². The van der Waals surface area contributed by atoms with Crippen LogP contribution >= 0.6 is 0 Å². The molecular weight excluding hydrogens is 150 g/mol. The minimum atomic E-state index is 0.650. The Kier molecular flexibility index (Phi) is 3.01. The van der Waals surface area contributed by atoms with Gasteiger partial charge in [0.25, 0.3) is 0 Å². The monoisotopic (exact) mass is 169 g/mol. The molecule has 1 saturated heterocycles. The zero-order chi connectivity index (χ0) is 8.23. The standard InChI is InChI=1S/C10H19NO/c1-2-6-11-10(3-1)8-12-7-9-4-5-9/h9-11H,1-8H2/t10-/m1/s1. The van der Waals surface area contributed by atoms with E-state index in [1.165, 1.54) is 38.6 Å². The van der Waals surface area contributed by atoms with Crippen molar-refractivity contribution in [1.82, 2.24) is 5.32 Å². The van der Waals surface area contributed by atoms with Crippen molar-refractivity contribution in [2.75, 3.05) is 19.8 Å². The smallest absolute Gasteiger partial charge is 0.0619 e. The summed E-state index contributed by atoms with van der Waals surface area (Å²) in [5.74, 6) is 0.911. The van der Waals surface area contributed by atoms with Gasteiger partial charge in [0.05, 0.1) is 6.61 Å². The lowest BCUT2D eigenvalue weighted by atomic mass is 10.1. The van der Waals surface area contributed by atoms with Gasteiger partial charge in [0.1, 0.15) is 0 Å². The van der Waals surface area contributed by atoms with E-state index in [9.17, 15) is 0 Å². The Hall–Kier alpha value is -0.0800. The van der Waals surface area contributed by atoms with E-state index < -0.39 is 0 Å². The first-order valence-corrected chi connectivity index (χ1v) is 5.26. The molecule has 2 fully saturated rings. The van der Waals surface area contributed by atoms with E-state index in [1.54, 1.807) is 0 Å². The highest BCUT2D eigenvalue weighted by Gasteiger charge is 2.22. The molecule has 1 saturated carbocycles. The van der Waals surface area contributed by atoms with Crippen molar-refractivity contribution in [3.8, 4) is 0 Å². The van der Waals surface area contributed by atoms with Gasteiger partial charge in [0.15, 0.2) is 0 Å². The highest BCUT2D eigenvalue weighted by atomic mass is 16.5. The molecule has 2 aliphatic rings. The number of piperidine rings is 1. The summed E-state index contributed by atoms with van der Waals surface area (Å²) in [6.45, 7) is 3.14. The largest absolute Gasteiger partial charge is 0.380 e. The highest BCUT2D eigenvalue weighted by molar-refractivity contribution is 4.74. The van der Waals surface area contributed by atoms with Gasteiger partial charge in [-0.3, -0.25) is 0 Å². The van der Waals surface area contributed by atoms with Crippen LogP contribution in [0.2, 0.25) is 0 Å². The molecule has 0 unspecified atom stereocenters. The second kappa shape index (κ2) is 4.24. The zero-order valence-electron chi connectivity index (χ0n) is 7.72. The van der Waals surface area contributed by atoms with Crippen molar-refractivity contribution in [2.45, 2.75) is 38.1 Å². The molecule has 1 atom stereocenters. The fraction of sp³-hybridized carbons (Fsp3) is 1.00. The van der Waals surface area contributed by atoms with Crippen LogP contribution in [0.25, 0.3) is 0 Å². The molecule has 0 radical (unpaired) electrons. The van der Waals surface area contributed by atoms with Gasteiger partial charge in [-0.2, -0.15) is 0 Å². The lowest BCUT2D eigenvalue weighted by Crippen LogP contribution is -2.37. The average Bonchev–Trinajstić information content (AvgIpc) is 2.90. The Balaban J connectivity index is 1.52. The highest BCUT2D eigenvalue weighted by Crippen LogP contribution is 2.28. The molecule has 0 amide bonds. The predicted octanol–water partition coefficient (Wildman–Crippen LogP) is 1.56. The van der Waals surface area contributed by atoms with Crippen molar-refractivity contribution in [3.05, 3.63) is 0 Å². The number of hydrogen-bond donors (Lipinski definition) is 1. The van der Waals surface area contributed by atoms with Crippen molar-refractivity contribution in [2.24, 2.45) is 5.92 Å². The Morgan fingerprint density at radius 2 is 2.00 bits per heavy atom. The first kappa shape index (κ1) is 8.52. The van der Waals surface area contributed by atoms with E-state index >= 15 is 0 Å². The topological polar surface area (TPSA) is 21.3 Å². The minimum absolute atomic E-state index is 0.650. The first-order chi connectivity index (χ1) is 5.95. The summed E-state index contributed by atoms with van der Waals surface area (Å²) < 4.78 is 5.63. The van der Waals surface area contributed by atoms with Crippen LogP contribution in [0, 0.1) is 5.92 Å². The Morgan fingerprint density at radius 3 is 2.67 bits per heavy atom. The molecule has 2 rings (SSSR count). The molecule has 1 heterocycles. The molecule has 0 aromatic rings. The van der Waals surface area contributed by atoms with Crippen LogP contribution in [0.5, 0.6) is 0 Å². The maximum Gasteiger partial charge on any atom is 0.0619 e. The number of hydrogen-bond acceptors (Lipinski definition) is 2. The molecule has 12 heavy (non-hydrogen) atoms. The van der Waals surface area contributed by atoms with E-state index in [0.717, 1.165) is 19.1 Å². The van der Waals surface area contributed by atoms with Crippen LogP contribution in [0.4, 0.5) is 0 Å². The van der Waals surface area contributed by atoms with Crippen molar-refractivity contribution in [3.63, 3.8) is 0 Å². The van der Waals surface area contributed by atoms with Crippen molar-refractivity contribution >= 4 is 0 Å². The molecule has 1 aliphatic carbocycles. The second-order valence-corrected chi connectivity index (χ2v) is 4.13. The predicted molar refractivity (Wildman–Crippen MR) is 49.2 cm³/mol. The van der Waals surface area contributed by atoms with Gasteiger partial charge >= 0.3 is 0 Å². The third-order valence-corrected chi connectivity index (χ3v) is 2.78. The first-order valence-electron chi connectivity index (χ1n) is 5.26. The van der Waals surface area contributed by atoms with Gasteiger partial charge < -0.3 is 10.1 Å². The van der Waals surface area contributed by atoms with Crippen LogP contribution < -0.4 is 5.32 Å². The van der Waals surface area contributed by atoms with E-state index in [0.29, 0.717) is 6.04 Å². The molecule has 0 aromatic heterocycles. The fourth-order valence-corrected chi connectivity index (χ4v) is 1.73. The van der Waals surface area contributed by atoms with E-state index in [2.05, 4.69) is 5.32 Å². The normalized spacial score (nSPS) is 30.5. The van der Waals surface area contributed by atoms with Crippen LogP contribution in [0.1, 0.15) is 32.1 Å². The fourth-order valence-electron chi connectivity index (χ4n) is 1.73. The third kappa shape index (κ3) is 2.76. The molecule has 0 spiro atoms. The summed E-state index contributed by atoms with van der Waals surface area (Å²) in [4.78, 5) is 0. The summed E-state index contributed by atoms with van der Waals surface area (Å²) in [5, 5.41) is 3.49. The summed E-state index contributed by atoms with van der Waals surface area (Å²) in [5.41, 5.74) is 0. The van der Waals surface area contributed by atoms with Crippen LogP contribution in [-0.4, -0.2) is 25.8 Å². The molecule has 2 heteroatoms. The summed E-state index contributed by atoms with van der Waals surface area (Å²) in [7, 11) is 0. The lowest BCUT2D eigenvalue weighted by Gasteiger charge is -2.23. The number of rotatable bonds is 4. The molecule has 0 aromatic carbocycles. The summed E-state index contributed by atoms with van der Waals surface area (Å²) in [6, 6.07) is 0.650. The maximum absolute atomic E-state index is 5.63. The lowest BCUT2D eigenvalue weighted by molar-refractivity contribution is 0.0951. The molecular formula is C10H19NO. The van der Waals surface area contributed by atoms with Crippen LogP contribution in [0.15, 0.2) is 0 Å². The van der Waals surface area contributed by atoms with E-state index in [1.807, 2.05) is 0 Å². The third-order valence-electron chi connectivity index (χ3n) is 2.78. The van der Waals surface area contributed by atoms with Gasteiger partial charge in [-0.15, -0.1) is 0 Å².